The molecule has 210 valence electrons. The highest BCUT2D eigenvalue weighted by molar-refractivity contribution is 5.83. The Bertz CT molecular complexity index is 1280. The van der Waals surface area contributed by atoms with Gasteiger partial charge in [-0.3, -0.25) is 24.1 Å². The molecule has 2 aliphatic heterocycles. The molecular weight excluding hydrogens is 514 g/mol. The number of benzene rings is 1. The molecule has 2 aliphatic carbocycles. The summed E-state index contributed by atoms with van der Waals surface area (Å²) in [4.78, 5) is 50.5. The van der Waals surface area contributed by atoms with Crippen LogP contribution in [0.1, 0.15) is 36.8 Å². The van der Waals surface area contributed by atoms with E-state index >= 15 is 0 Å². The molecule has 6 atom stereocenters. The highest BCUT2D eigenvalue weighted by Crippen LogP contribution is 2.66. The molecule has 1 saturated heterocycles. The van der Waals surface area contributed by atoms with Crippen LogP contribution in [0.5, 0.6) is 11.5 Å². The smallest absolute Gasteiger partial charge is 0.321 e. The molecule has 2 heterocycles. The molecule has 5 rings (SSSR count). The number of methoxy groups -OCH3 is 1. The predicted molar refractivity (Wildman–Crippen MR) is 132 cm³/mol. The molecule has 13 nitrogen and oxygen atoms in total. The maximum Gasteiger partial charge on any atom is 0.321 e. The molecule has 0 radical (unpaired) electrons. The number of hydrogen-bond acceptors (Lipinski definition) is 11. The first-order valence-corrected chi connectivity index (χ1v) is 12.6. The van der Waals surface area contributed by atoms with E-state index in [4.69, 9.17) is 35.5 Å². The number of hydrogen-bond donors (Lipinski definition) is 4. The van der Waals surface area contributed by atoms with E-state index in [9.17, 15) is 24.3 Å². The third-order valence-corrected chi connectivity index (χ3v) is 8.45. The Kier molecular flexibility index (Phi) is 6.56. The number of esters is 2. The van der Waals surface area contributed by atoms with Gasteiger partial charge in [-0.15, -0.1) is 0 Å². The number of aliphatic carboxylic acids is 2. The number of nitrogens with zero attached hydrogens (tertiary/aromatic N) is 1. The van der Waals surface area contributed by atoms with E-state index in [-0.39, 0.29) is 18.2 Å². The Balaban J connectivity index is 1.62. The first-order valence-electron chi connectivity index (χ1n) is 12.6. The molecular formula is C26H31N3O10. The van der Waals surface area contributed by atoms with Gasteiger partial charge in [0, 0.05) is 12.0 Å². The van der Waals surface area contributed by atoms with Crippen molar-refractivity contribution in [1.82, 2.24) is 4.90 Å². The van der Waals surface area contributed by atoms with Crippen LogP contribution in [0.15, 0.2) is 24.0 Å². The molecule has 0 aromatic heterocycles. The summed E-state index contributed by atoms with van der Waals surface area (Å²) in [5.74, 6) is -3.17. The van der Waals surface area contributed by atoms with Gasteiger partial charge in [-0.25, -0.2) is 0 Å². The Morgan fingerprint density at radius 1 is 1.13 bits per heavy atom. The minimum atomic E-state index is -1.44. The molecule has 0 amide bonds. The summed E-state index contributed by atoms with van der Waals surface area (Å²) in [6, 6.07) is 0.570. The van der Waals surface area contributed by atoms with Crippen LogP contribution in [0.25, 0.3) is 0 Å². The predicted octanol–water partition coefficient (Wildman–Crippen LogP) is -0.329. The van der Waals surface area contributed by atoms with Crippen LogP contribution in [0.2, 0.25) is 0 Å². The number of carboxylic acids is 2. The van der Waals surface area contributed by atoms with Crippen LogP contribution in [-0.4, -0.2) is 89.5 Å². The molecule has 2 bridgehead atoms. The van der Waals surface area contributed by atoms with E-state index in [0.29, 0.717) is 30.9 Å². The van der Waals surface area contributed by atoms with E-state index in [1.54, 1.807) is 12.1 Å². The van der Waals surface area contributed by atoms with E-state index in [2.05, 4.69) is 4.90 Å². The average Bonchev–Trinajstić information content (AvgIpc) is 3.23. The summed E-state index contributed by atoms with van der Waals surface area (Å²) in [6.45, 7) is 0.611. The first kappa shape index (κ1) is 26.9. The summed E-state index contributed by atoms with van der Waals surface area (Å²) in [5.41, 5.74) is 10.8. The zero-order valence-corrected chi connectivity index (χ0v) is 21.5. The van der Waals surface area contributed by atoms with Gasteiger partial charge < -0.3 is 40.6 Å². The third kappa shape index (κ3) is 3.95. The van der Waals surface area contributed by atoms with Gasteiger partial charge in [-0.2, -0.15) is 0 Å². The molecule has 1 aromatic carbocycles. The van der Waals surface area contributed by atoms with Gasteiger partial charge in [0.25, 0.3) is 0 Å². The second kappa shape index (κ2) is 9.50. The van der Waals surface area contributed by atoms with E-state index in [1.165, 1.54) is 7.11 Å². The summed E-state index contributed by atoms with van der Waals surface area (Å²) in [7, 11) is 3.44. The molecule has 1 aromatic rings. The van der Waals surface area contributed by atoms with Crippen LogP contribution in [0.3, 0.4) is 0 Å². The number of likely N-dealkylation sites (tertiary alicyclic amines) is 1. The fourth-order valence-electron chi connectivity index (χ4n) is 6.71. The normalized spacial score (nSPS) is 29.7. The lowest BCUT2D eigenvalue weighted by atomic mass is 9.50. The lowest BCUT2D eigenvalue weighted by molar-refractivity contribution is -0.206. The zero-order chi connectivity index (χ0) is 28.3. The van der Waals surface area contributed by atoms with Crippen molar-refractivity contribution in [2.75, 3.05) is 20.7 Å². The average molecular weight is 546 g/mol. The minimum absolute atomic E-state index is 0.138. The summed E-state index contributed by atoms with van der Waals surface area (Å²) >= 11 is 0. The van der Waals surface area contributed by atoms with Crippen molar-refractivity contribution < 1.29 is 48.3 Å². The number of ether oxygens (including phenoxy) is 4. The topological polar surface area (TPSA) is 201 Å². The van der Waals surface area contributed by atoms with Crippen molar-refractivity contribution in [3.8, 4) is 11.5 Å². The first-order chi connectivity index (χ1) is 18.4. The molecule has 13 heteroatoms. The molecule has 6 N–H and O–H groups in total. The summed E-state index contributed by atoms with van der Waals surface area (Å²) in [6.07, 6.45) is 0.762. The highest BCUT2D eigenvalue weighted by Gasteiger charge is 2.74. The van der Waals surface area contributed by atoms with Crippen LogP contribution in [-0.2, 0) is 40.5 Å². The van der Waals surface area contributed by atoms with Crippen LogP contribution in [0.4, 0.5) is 0 Å². The van der Waals surface area contributed by atoms with Gasteiger partial charge >= 0.3 is 23.9 Å². The molecule has 0 saturated carbocycles. The van der Waals surface area contributed by atoms with Crippen LogP contribution < -0.4 is 20.9 Å². The maximum atomic E-state index is 13.2. The van der Waals surface area contributed by atoms with Gasteiger partial charge in [0.15, 0.2) is 17.6 Å². The number of carboxylic acid groups (broad SMARTS) is 2. The Morgan fingerprint density at radius 3 is 2.44 bits per heavy atom. The number of rotatable bonds is 9. The monoisotopic (exact) mass is 545 g/mol. The number of carbonyl (C=O) groups excluding carboxylic acids is 2. The molecule has 1 fully saturated rings. The number of piperidine rings is 1. The highest BCUT2D eigenvalue weighted by atomic mass is 16.6. The lowest BCUT2D eigenvalue weighted by Crippen LogP contribution is -2.75. The zero-order valence-electron chi connectivity index (χ0n) is 21.5. The largest absolute Gasteiger partial charge is 0.493 e. The fraction of sp³-hybridized carbons (Fsp3) is 0.538. The summed E-state index contributed by atoms with van der Waals surface area (Å²) in [5, 5.41) is 18.4. The maximum absolute atomic E-state index is 13.2. The Morgan fingerprint density at radius 2 is 1.79 bits per heavy atom. The van der Waals surface area contributed by atoms with Crippen molar-refractivity contribution in [3.63, 3.8) is 0 Å². The van der Waals surface area contributed by atoms with E-state index in [1.807, 2.05) is 13.1 Å². The van der Waals surface area contributed by atoms with Crippen molar-refractivity contribution in [3.05, 3.63) is 35.1 Å². The molecule has 4 aliphatic rings. The minimum Gasteiger partial charge on any atom is -0.493 e. The molecule has 1 spiro atoms. The van der Waals surface area contributed by atoms with E-state index < -0.39 is 65.9 Å². The quantitative estimate of drug-likeness (QED) is 0.294. The van der Waals surface area contributed by atoms with Gasteiger partial charge in [0.05, 0.1) is 31.4 Å². The molecule has 39 heavy (non-hydrogen) atoms. The Labute approximate surface area is 223 Å². The van der Waals surface area contributed by atoms with Crippen molar-refractivity contribution in [1.29, 1.82) is 0 Å². The van der Waals surface area contributed by atoms with Crippen molar-refractivity contribution in [2.45, 2.75) is 67.3 Å². The number of nitrogens with two attached hydrogens (primary N) is 2. The van der Waals surface area contributed by atoms with Crippen LogP contribution >= 0.6 is 0 Å². The van der Waals surface area contributed by atoms with Crippen molar-refractivity contribution in [2.24, 2.45) is 11.5 Å². The van der Waals surface area contributed by atoms with Gasteiger partial charge in [0.1, 0.15) is 23.4 Å². The fourth-order valence-corrected chi connectivity index (χ4v) is 6.71. The SMILES string of the molecule is COc1ccc2c3c1O[C@@H]1C(OC(=O)C[C@H](N)C(=O)O)=CC[C@]4(OC(=O)C[C@H](N)C(=O)O)[C@H](C2)N(C)CC[C@@]314. The van der Waals surface area contributed by atoms with Gasteiger partial charge in [0.2, 0.25) is 0 Å². The third-order valence-electron chi connectivity index (χ3n) is 8.45. The standard InChI is InChI=1S/C26H31N3O10/c1-29-8-7-25-20-12-3-4-15(36-2)21(20)38-22(25)16(37-18(30)10-13(27)23(32)33)5-6-26(25,17(29)9-12)39-19(31)11-14(28)24(34)35/h3-5,13-14,17,22H,6-11,27-28H2,1-2H3,(H,32,33)(H,34,35)/t13-,14-,17-,22+,25+,26-/m0/s1. The lowest BCUT2D eigenvalue weighted by Gasteiger charge is -2.62. The molecule has 0 unspecified atom stereocenters. The van der Waals surface area contributed by atoms with E-state index in [0.717, 1.165) is 11.1 Å². The Hall–Kier alpha value is -3.68. The second-order valence-electron chi connectivity index (χ2n) is 10.5. The van der Waals surface area contributed by atoms with Crippen LogP contribution in [0, 0.1) is 0 Å². The van der Waals surface area contributed by atoms with Crippen molar-refractivity contribution >= 4 is 23.9 Å². The van der Waals surface area contributed by atoms with Gasteiger partial charge in [-0.1, -0.05) is 6.07 Å². The number of likely N-dealkylation sites (N-methyl/N-ethyl adjacent to an activating group) is 1. The number of carbonyl (C=O) groups is 4. The second-order valence-corrected chi connectivity index (χ2v) is 10.5. The summed E-state index contributed by atoms with van der Waals surface area (Å²) < 4.78 is 24.0. The van der Waals surface area contributed by atoms with Gasteiger partial charge in [-0.05, 0) is 44.1 Å².